The number of piperidine rings is 1. The van der Waals surface area contributed by atoms with Gasteiger partial charge >= 0.3 is 6.09 Å². The summed E-state index contributed by atoms with van der Waals surface area (Å²) in [5.74, 6) is -0.256. The molecule has 2 saturated heterocycles. The summed E-state index contributed by atoms with van der Waals surface area (Å²) in [6.07, 6.45) is 2.65. The number of hydrogen-bond donors (Lipinski definition) is 2. The molecule has 2 aliphatic heterocycles. The van der Waals surface area contributed by atoms with Crippen molar-refractivity contribution in [2.75, 3.05) is 19.6 Å². The van der Waals surface area contributed by atoms with Crippen molar-refractivity contribution in [2.24, 2.45) is 0 Å². The lowest BCUT2D eigenvalue weighted by Gasteiger charge is -2.37. The molecule has 4 rings (SSSR count). The molecule has 9 heteroatoms. The van der Waals surface area contributed by atoms with Gasteiger partial charge in [0.2, 0.25) is 10.0 Å². The zero-order valence-electron chi connectivity index (χ0n) is 14.2. The summed E-state index contributed by atoms with van der Waals surface area (Å²) in [6.45, 7) is 0.786. The molecule has 1 saturated carbocycles. The van der Waals surface area contributed by atoms with Crippen molar-refractivity contribution in [2.45, 2.75) is 42.2 Å². The lowest BCUT2D eigenvalue weighted by atomic mass is 9.95. The van der Waals surface area contributed by atoms with E-state index in [2.05, 4.69) is 10.6 Å². The third-order valence-corrected chi connectivity index (χ3v) is 6.86. The number of nitrogens with zero attached hydrogens (tertiary/aromatic N) is 1. The van der Waals surface area contributed by atoms with Crippen molar-refractivity contribution in [3.63, 3.8) is 0 Å². The molecule has 2 amide bonds. The second-order valence-corrected chi connectivity index (χ2v) is 9.08. The lowest BCUT2D eigenvalue weighted by Crippen LogP contribution is -2.52. The number of benzene rings is 1. The van der Waals surface area contributed by atoms with Crippen molar-refractivity contribution < 1.29 is 22.7 Å². The minimum atomic E-state index is -3.78. The quantitative estimate of drug-likeness (QED) is 0.807. The molecule has 0 unspecified atom stereocenters. The van der Waals surface area contributed by atoms with Crippen molar-refractivity contribution in [3.8, 4) is 0 Å². The topological polar surface area (TPSA) is 105 Å². The highest BCUT2D eigenvalue weighted by Crippen LogP contribution is 2.31. The maximum absolute atomic E-state index is 13.1. The van der Waals surface area contributed by atoms with E-state index in [0.717, 1.165) is 12.8 Å². The van der Waals surface area contributed by atoms with Gasteiger partial charge in [-0.05, 0) is 43.9 Å². The minimum Gasteiger partial charge on any atom is -0.440 e. The molecule has 8 nitrogen and oxygen atoms in total. The minimum absolute atomic E-state index is 0.0790. The molecule has 3 fully saturated rings. The Morgan fingerprint density at radius 1 is 1.35 bits per heavy atom. The number of ether oxygens (including phenoxy) is 1. The molecular formula is C17H21N3O5S. The Kier molecular flexibility index (Phi) is 4.15. The number of carbonyl (C=O) groups excluding carboxylic acids is 2. The standard InChI is InChI=1S/C17H21N3O5S/c21-15(19-13-5-6-13)12-3-1-4-14(9-12)26(23,24)20-8-2-7-17(11-20)10-18-16(22)25-17/h1,3-4,9,13H,2,5-8,10-11H2,(H,18,22)(H,19,21)/t17-/m0/s1. The van der Waals surface area contributed by atoms with Gasteiger partial charge in [0.25, 0.3) is 5.91 Å². The Labute approximate surface area is 151 Å². The van der Waals surface area contributed by atoms with Gasteiger partial charge in [0, 0.05) is 18.2 Å². The average molecular weight is 379 g/mol. The predicted molar refractivity (Wildman–Crippen MR) is 92.1 cm³/mol. The smallest absolute Gasteiger partial charge is 0.407 e. The van der Waals surface area contributed by atoms with E-state index in [1.165, 1.54) is 16.4 Å². The van der Waals surface area contributed by atoms with Gasteiger partial charge in [-0.3, -0.25) is 4.79 Å². The van der Waals surface area contributed by atoms with Crippen LogP contribution < -0.4 is 10.6 Å². The van der Waals surface area contributed by atoms with Crippen LogP contribution in [-0.4, -0.2) is 56.0 Å². The maximum Gasteiger partial charge on any atom is 0.407 e. The monoisotopic (exact) mass is 379 g/mol. The summed E-state index contributed by atoms with van der Waals surface area (Å²) >= 11 is 0. The summed E-state index contributed by atoms with van der Waals surface area (Å²) in [5.41, 5.74) is -0.470. The first-order chi connectivity index (χ1) is 12.4. The van der Waals surface area contributed by atoms with Crippen LogP contribution >= 0.6 is 0 Å². The highest BCUT2D eigenvalue weighted by Gasteiger charge is 2.46. The molecule has 1 aromatic rings. The molecule has 0 radical (unpaired) electrons. The summed E-state index contributed by atoms with van der Waals surface area (Å²) in [5, 5.41) is 5.46. The normalized spacial score (nSPS) is 26.4. The average Bonchev–Trinajstić information content (AvgIpc) is 3.37. The lowest BCUT2D eigenvalue weighted by molar-refractivity contribution is 0.0143. The second-order valence-electron chi connectivity index (χ2n) is 7.14. The van der Waals surface area contributed by atoms with Crippen LogP contribution in [0.15, 0.2) is 29.2 Å². The SMILES string of the molecule is O=C1NC[C@]2(CCCN(S(=O)(=O)c3cccc(C(=O)NC4CC4)c3)C2)O1. The first kappa shape index (κ1) is 17.3. The molecule has 2 heterocycles. The van der Waals surface area contributed by atoms with Crippen molar-refractivity contribution in [3.05, 3.63) is 29.8 Å². The Morgan fingerprint density at radius 3 is 2.85 bits per heavy atom. The Morgan fingerprint density at radius 2 is 2.15 bits per heavy atom. The molecule has 140 valence electrons. The molecule has 0 aromatic heterocycles. The van der Waals surface area contributed by atoms with Crippen LogP contribution in [0, 0.1) is 0 Å². The molecule has 1 aliphatic carbocycles. The fourth-order valence-electron chi connectivity index (χ4n) is 3.44. The third-order valence-electron chi connectivity index (χ3n) is 5.02. The fraction of sp³-hybridized carbons (Fsp3) is 0.529. The van der Waals surface area contributed by atoms with Crippen LogP contribution in [0.1, 0.15) is 36.0 Å². The summed E-state index contributed by atoms with van der Waals surface area (Å²) in [4.78, 5) is 23.7. The molecule has 26 heavy (non-hydrogen) atoms. The van der Waals surface area contributed by atoms with Gasteiger partial charge in [0.15, 0.2) is 0 Å². The number of sulfonamides is 1. The van der Waals surface area contributed by atoms with Crippen LogP contribution in [0.25, 0.3) is 0 Å². The van der Waals surface area contributed by atoms with Gasteiger partial charge in [0.05, 0.1) is 18.0 Å². The molecule has 3 aliphatic rings. The van der Waals surface area contributed by atoms with Gasteiger partial charge in [-0.15, -0.1) is 0 Å². The van der Waals surface area contributed by atoms with E-state index in [1.807, 2.05) is 0 Å². The molecule has 2 N–H and O–H groups in total. The highest BCUT2D eigenvalue weighted by molar-refractivity contribution is 7.89. The largest absolute Gasteiger partial charge is 0.440 e. The van der Waals surface area contributed by atoms with E-state index in [9.17, 15) is 18.0 Å². The van der Waals surface area contributed by atoms with E-state index in [-0.39, 0.29) is 23.4 Å². The number of alkyl carbamates (subject to hydrolysis) is 1. The van der Waals surface area contributed by atoms with Crippen LogP contribution in [0.2, 0.25) is 0 Å². The van der Waals surface area contributed by atoms with Crippen molar-refractivity contribution in [1.29, 1.82) is 0 Å². The molecule has 1 atom stereocenters. The number of rotatable bonds is 4. The van der Waals surface area contributed by atoms with Crippen molar-refractivity contribution in [1.82, 2.24) is 14.9 Å². The Bertz CT molecular complexity index is 852. The van der Waals surface area contributed by atoms with Gasteiger partial charge in [-0.1, -0.05) is 6.07 Å². The number of nitrogens with one attached hydrogen (secondary N) is 2. The van der Waals surface area contributed by atoms with E-state index in [4.69, 9.17) is 4.74 Å². The first-order valence-electron chi connectivity index (χ1n) is 8.76. The van der Waals surface area contributed by atoms with Gasteiger partial charge < -0.3 is 15.4 Å². The third kappa shape index (κ3) is 3.28. The zero-order valence-corrected chi connectivity index (χ0v) is 15.0. The van der Waals surface area contributed by atoms with E-state index in [1.54, 1.807) is 12.1 Å². The van der Waals surface area contributed by atoms with Crippen LogP contribution in [0.3, 0.4) is 0 Å². The number of amides is 2. The van der Waals surface area contributed by atoms with Gasteiger partial charge in [-0.25, -0.2) is 13.2 Å². The highest BCUT2D eigenvalue weighted by atomic mass is 32.2. The number of carbonyl (C=O) groups is 2. The van der Waals surface area contributed by atoms with E-state index >= 15 is 0 Å². The van der Waals surface area contributed by atoms with E-state index < -0.39 is 21.7 Å². The Hall–Kier alpha value is -2.13. The molecule has 0 bridgehead atoms. The summed E-state index contributed by atoms with van der Waals surface area (Å²) in [7, 11) is -3.78. The predicted octanol–water partition coefficient (Wildman–Crippen LogP) is 0.842. The van der Waals surface area contributed by atoms with Crippen LogP contribution in [-0.2, 0) is 14.8 Å². The van der Waals surface area contributed by atoms with Crippen molar-refractivity contribution >= 4 is 22.0 Å². The molecular weight excluding hydrogens is 358 g/mol. The first-order valence-corrected chi connectivity index (χ1v) is 10.2. The second kappa shape index (κ2) is 6.24. The maximum atomic E-state index is 13.1. The number of hydrogen-bond acceptors (Lipinski definition) is 5. The summed E-state index contributed by atoms with van der Waals surface area (Å²) < 4.78 is 32.8. The van der Waals surface area contributed by atoms with Gasteiger partial charge in [-0.2, -0.15) is 4.31 Å². The van der Waals surface area contributed by atoms with Gasteiger partial charge in [0.1, 0.15) is 5.60 Å². The van der Waals surface area contributed by atoms with E-state index in [0.29, 0.717) is 31.5 Å². The zero-order chi connectivity index (χ0) is 18.4. The van der Waals surface area contributed by atoms with Crippen LogP contribution in [0.4, 0.5) is 4.79 Å². The van der Waals surface area contributed by atoms with Crippen LogP contribution in [0.5, 0.6) is 0 Å². The summed E-state index contributed by atoms with van der Waals surface area (Å²) in [6, 6.07) is 6.29. The Balaban J connectivity index is 1.56. The fourth-order valence-corrected chi connectivity index (χ4v) is 5.03. The molecule has 1 spiro atoms. The molecule has 1 aromatic carbocycles.